The summed E-state index contributed by atoms with van der Waals surface area (Å²) >= 11 is 0. The molecule has 0 aromatic heterocycles. The molecule has 0 amide bonds. The highest BCUT2D eigenvalue weighted by Crippen LogP contribution is 2.24. The molecule has 0 saturated heterocycles. The molecule has 2 rings (SSSR count). The lowest BCUT2D eigenvalue weighted by Gasteiger charge is -2.22. The van der Waals surface area contributed by atoms with E-state index in [1.807, 2.05) is 13.0 Å². The molecule has 2 heteroatoms. The monoisotopic (exact) mass is 285 g/mol. The third-order valence-corrected chi connectivity index (χ3v) is 4.00. The van der Waals surface area contributed by atoms with E-state index in [9.17, 15) is 4.39 Å². The second kappa shape index (κ2) is 7.37. The zero-order valence-corrected chi connectivity index (χ0v) is 13.1. The molecule has 0 saturated carbocycles. The molecule has 0 aliphatic rings. The predicted octanol–water partition coefficient (Wildman–Crippen LogP) is 4.59. The van der Waals surface area contributed by atoms with Gasteiger partial charge in [0.1, 0.15) is 5.82 Å². The molecule has 0 radical (unpaired) electrons. The minimum absolute atomic E-state index is 0.158. The van der Waals surface area contributed by atoms with E-state index >= 15 is 0 Å². The molecule has 1 unspecified atom stereocenters. The van der Waals surface area contributed by atoms with Crippen LogP contribution in [-0.2, 0) is 12.8 Å². The largest absolute Gasteiger partial charge is 0.310 e. The van der Waals surface area contributed by atoms with Crippen LogP contribution in [-0.4, -0.2) is 6.54 Å². The number of hydrogen-bond donors (Lipinski definition) is 1. The summed E-state index contributed by atoms with van der Waals surface area (Å²) in [5, 5.41) is 3.55. The molecule has 1 nitrogen and oxygen atoms in total. The highest BCUT2D eigenvalue weighted by atomic mass is 19.1. The fourth-order valence-corrected chi connectivity index (χ4v) is 2.81. The van der Waals surface area contributed by atoms with E-state index in [-0.39, 0.29) is 11.9 Å². The summed E-state index contributed by atoms with van der Waals surface area (Å²) in [6, 6.07) is 13.8. The summed E-state index contributed by atoms with van der Waals surface area (Å²) in [6.07, 6.45) is 1.83. The van der Waals surface area contributed by atoms with Gasteiger partial charge in [0, 0.05) is 6.04 Å². The first-order chi connectivity index (χ1) is 10.2. The average Bonchev–Trinajstić information content (AvgIpc) is 2.50. The Morgan fingerprint density at radius 3 is 2.52 bits per heavy atom. The van der Waals surface area contributed by atoms with Crippen molar-refractivity contribution in [3.8, 4) is 0 Å². The molecule has 2 aromatic rings. The Morgan fingerprint density at radius 2 is 1.81 bits per heavy atom. The van der Waals surface area contributed by atoms with Crippen LogP contribution >= 0.6 is 0 Å². The molecule has 0 aliphatic heterocycles. The van der Waals surface area contributed by atoms with Gasteiger partial charge in [0.05, 0.1) is 0 Å². The lowest BCUT2D eigenvalue weighted by Crippen LogP contribution is -2.24. The van der Waals surface area contributed by atoms with Gasteiger partial charge in [-0.05, 0) is 60.7 Å². The fourth-order valence-electron chi connectivity index (χ4n) is 2.81. The molecular weight excluding hydrogens is 261 g/mol. The summed E-state index contributed by atoms with van der Waals surface area (Å²) < 4.78 is 13.5. The number of benzene rings is 2. The Balaban J connectivity index is 2.33. The van der Waals surface area contributed by atoms with Gasteiger partial charge in [0.15, 0.2) is 0 Å². The van der Waals surface area contributed by atoms with Crippen LogP contribution in [0.3, 0.4) is 0 Å². The van der Waals surface area contributed by atoms with E-state index in [0.717, 1.165) is 30.5 Å². The quantitative estimate of drug-likeness (QED) is 0.818. The first-order valence-corrected chi connectivity index (χ1v) is 7.71. The number of halogens is 1. The maximum absolute atomic E-state index is 13.5. The van der Waals surface area contributed by atoms with Crippen molar-refractivity contribution in [2.75, 3.05) is 6.54 Å². The Bertz CT molecular complexity index is 592. The van der Waals surface area contributed by atoms with Crippen LogP contribution in [0.25, 0.3) is 0 Å². The molecule has 0 aliphatic carbocycles. The molecule has 1 atom stereocenters. The first-order valence-electron chi connectivity index (χ1n) is 7.71. The highest BCUT2D eigenvalue weighted by Gasteiger charge is 2.15. The van der Waals surface area contributed by atoms with Gasteiger partial charge in [0.2, 0.25) is 0 Å². The number of aryl methyl sites for hydroxylation is 2. The average molecular weight is 285 g/mol. The Labute approximate surface area is 127 Å². The smallest absolute Gasteiger partial charge is 0.123 e. The van der Waals surface area contributed by atoms with Crippen molar-refractivity contribution in [2.24, 2.45) is 0 Å². The van der Waals surface area contributed by atoms with Gasteiger partial charge >= 0.3 is 0 Å². The summed E-state index contributed by atoms with van der Waals surface area (Å²) in [5.41, 5.74) is 4.91. The minimum atomic E-state index is -0.158. The van der Waals surface area contributed by atoms with Crippen LogP contribution in [0.15, 0.2) is 42.5 Å². The van der Waals surface area contributed by atoms with Crippen molar-refractivity contribution in [3.05, 3.63) is 70.5 Å². The Kier molecular flexibility index (Phi) is 5.51. The van der Waals surface area contributed by atoms with E-state index in [1.165, 1.54) is 17.2 Å². The standard InChI is InChI=1S/C19H24FN/c1-4-15-8-6-7-9-18(15)19(21-5-2)13-16-12-17(20)11-10-14(16)3/h6-12,19,21H,4-5,13H2,1-3H3. The highest BCUT2D eigenvalue weighted by molar-refractivity contribution is 5.34. The van der Waals surface area contributed by atoms with E-state index in [2.05, 4.69) is 43.4 Å². The van der Waals surface area contributed by atoms with Crippen molar-refractivity contribution >= 4 is 0 Å². The second-order valence-corrected chi connectivity index (χ2v) is 5.44. The molecule has 0 spiro atoms. The van der Waals surface area contributed by atoms with Gasteiger partial charge < -0.3 is 5.32 Å². The zero-order chi connectivity index (χ0) is 15.2. The lowest BCUT2D eigenvalue weighted by atomic mass is 9.92. The molecule has 1 N–H and O–H groups in total. The van der Waals surface area contributed by atoms with Crippen LogP contribution in [0, 0.1) is 12.7 Å². The Morgan fingerprint density at radius 1 is 1.05 bits per heavy atom. The van der Waals surface area contributed by atoms with Crippen molar-refractivity contribution in [3.63, 3.8) is 0 Å². The van der Waals surface area contributed by atoms with Crippen molar-refractivity contribution in [1.29, 1.82) is 0 Å². The minimum Gasteiger partial charge on any atom is -0.310 e. The number of nitrogens with one attached hydrogen (secondary N) is 1. The van der Waals surface area contributed by atoms with E-state index < -0.39 is 0 Å². The molecule has 21 heavy (non-hydrogen) atoms. The normalized spacial score (nSPS) is 12.4. The van der Waals surface area contributed by atoms with E-state index in [1.54, 1.807) is 6.07 Å². The molecule has 112 valence electrons. The van der Waals surface area contributed by atoms with Gasteiger partial charge in [-0.25, -0.2) is 4.39 Å². The van der Waals surface area contributed by atoms with Crippen molar-refractivity contribution in [1.82, 2.24) is 5.32 Å². The second-order valence-electron chi connectivity index (χ2n) is 5.44. The van der Waals surface area contributed by atoms with Gasteiger partial charge in [-0.2, -0.15) is 0 Å². The predicted molar refractivity (Wildman–Crippen MR) is 87.1 cm³/mol. The van der Waals surface area contributed by atoms with Crippen molar-refractivity contribution in [2.45, 2.75) is 39.7 Å². The van der Waals surface area contributed by atoms with Gasteiger partial charge in [-0.1, -0.05) is 44.2 Å². The molecule has 2 aromatic carbocycles. The Hall–Kier alpha value is -1.67. The summed E-state index contributed by atoms with van der Waals surface area (Å²) in [5.74, 6) is -0.158. The van der Waals surface area contributed by atoms with Gasteiger partial charge in [-0.15, -0.1) is 0 Å². The summed E-state index contributed by atoms with van der Waals surface area (Å²) in [7, 11) is 0. The van der Waals surface area contributed by atoms with Crippen molar-refractivity contribution < 1.29 is 4.39 Å². The molecule has 0 heterocycles. The van der Waals surface area contributed by atoms with E-state index in [0.29, 0.717) is 0 Å². The van der Waals surface area contributed by atoms with E-state index in [4.69, 9.17) is 0 Å². The van der Waals surface area contributed by atoms with Gasteiger partial charge in [-0.3, -0.25) is 0 Å². The lowest BCUT2D eigenvalue weighted by molar-refractivity contribution is 0.541. The molecular formula is C19H24FN. The third-order valence-electron chi connectivity index (χ3n) is 4.00. The fraction of sp³-hybridized carbons (Fsp3) is 0.368. The first kappa shape index (κ1) is 15.7. The summed E-state index contributed by atoms with van der Waals surface area (Å²) in [6.45, 7) is 7.23. The number of hydrogen-bond acceptors (Lipinski definition) is 1. The molecule has 0 fully saturated rings. The van der Waals surface area contributed by atoms with Crippen LogP contribution in [0.2, 0.25) is 0 Å². The van der Waals surface area contributed by atoms with Crippen LogP contribution in [0.4, 0.5) is 4.39 Å². The maximum atomic E-state index is 13.5. The van der Waals surface area contributed by atoms with Crippen LogP contribution in [0.1, 0.15) is 42.1 Å². The summed E-state index contributed by atoms with van der Waals surface area (Å²) in [4.78, 5) is 0. The van der Waals surface area contributed by atoms with Crippen LogP contribution < -0.4 is 5.32 Å². The SMILES string of the molecule is CCNC(Cc1cc(F)ccc1C)c1ccccc1CC. The maximum Gasteiger partial charge on any atom is 0.123 e. The van der Waals surface area contributed by atoms with Gasteiger partial charge in [0.25, 0.3) is 0 Å². The molecule has 0 bridgehead atoms. The number of rotatable bonds is 6. The third kappa shape index (κ3) is 3.92. The van der Waals surface area contributed by atoms with Crippen LogP contribution in [0.5, 0.6) is 0 Å². The number of likely N-dealkylation sites (N-methyl/N-ethyl adjacent to an activating group) is 1. The topological polar surface area (TPSA) is 12.0 Å². The zero-order valence-electron chi connectivity index (χ0n) is 13.1.